The quantitative estimate of drug-likeness (QED) is 0.503. The minimum absolute atomic E-state index is 0.262. The standard InChI is InChI=1S/C18H21N9O2/c1-28-24-12-4-6-25(7-5-12)8-9-26-16-13(11-20-26)17-21-15(14-3-2-10-29-14)23-27(17)18(19)22-16/h2-3,10-11H,4-9H2,1H3,(H2,19,22). The molecule has 1 fully saturated rings. The van der Waals surface area contributed by atoms with Crippen molar-refractivity contribution in [2.75, 3.05) is 32.5 Å². The van der Waals surface area contributed by atoms with Crippen LogP contribution in [-0.2, 0) is 11.4 Å². The Hall–Kier alpha value is -3.47. The van der Waals surface area contributed by atoms with E-state index in [1.54, 1.807) is 31.7 Å². The summed E-state index contributed by atoms with van der Waals surface area (Å²) >= 11 is 0. The maximum Gasteiger partial charge on any atom is 0.225 e. The number of nitrogens with zero attached hydrogens (tertiary/aromatic N) is 8. The molecule has 1 aliphatic heterocycles. The fourth-order valence-corrected chi connectivity index (χ4v) is 3.62. The first-order chi connectivity index (χ1) is 14.2. The van der Waals surface area contributed by atoms with Gasteiger partial charge in [0, 0.05) is 32.5 Å². The van der Waals surface area contributed by atoms with Gasteiger partial charge in [-0.15, -0.1) is 5.10 Å². The van der Waals surface area contributed by atoms with Crippen molar-refractivity contribution in [2.45, 2.75) is 19.4 Å². The minimum atomic E-state index is 0.262. The van der Waals surface area contributed by atoms with Gasteiger partial charge in [-0.25, -0.2) is 9.67 Å². The molecule has 4 aromatic heterocycles. The molecule has 150 valence electrons. The van der Waals surface area contributed by atoms with Gasteiger partial charge in [-0.1, -0.05) is 5.16 Å². The van der Waals surface area contributed by atoms with Crippen LogP contribution in [0.2, 0.25) is 0 Å². The number of nitrogen functional groups attached to an aromatic ring is 1. The van der Waals surface area contributed by atoms with Crippen molar-refractivity contribution in [3.8, 4) is 11.6 Å². The zero-order valence-electron chi connectivity index (χ0n) is 16.0. The van der Waals surface area contributed by atoms with Crippen LogP contribution in [-0.4, -0.2) is 66.7 Å². The van der Waals surface area contributed by atoms with Gasteiger partial charge in [0.1, 0.15) is 7.11 Å². The van der Waals surface area contributed by atoms with Crippen molar-refractivity contribution in [3.05, 3.63) is 24.6 Å². The molecule has 0 bridgehead atoms. The molecule has 29 heavy (non-hydrogen) atoms. The van der Waals surface area contributed by atoms with Crippen molar-refractivity contribution in [3.63, 3.8) is 0 Å². The molecule has 1 saturated heterocycles. The molecule has 0 aliphatic carbocycles. The van der Waals surface area contributed by atoms with Crippen LogP contribution >= 0.6 is 0 Å². The van der Waals surface area contributed by atoms with Gasteiger partial charge < -0.3 is 19.9 Å². The lowest BCUT2D eigenvalue weighted by molar-refractivity contribution is 0.204. The lowest BCUT2D eigenvalue weighted by Crippen LogP contribution is -2.36. The van der Waals surface area contributed by atoms with Gasteiger partial charge in [0.05, 0.1) is 30.1 Å². The molecule has 0 saturated carbocycles. The Morgan fingerprint density at radius 3 is 2.83 bits per heavy atom. The molecule has 0 radical (unpaired) electrons. The molecule has 5 rings (SSSR count). The van der Waals surface area contributed by atoms with Gasteiger partial charge in [0.25, 0.3) is 0 Å². The van der Waals surface area contributed by atoms with Crippen LogP contribution < -0.4 is 5.73 Å². The summed E-state index contributed by atoms with van der Waals surface area (Å²) in [4.78, 5) is 16.4. The second-order valence-electron chi connectivity index (χ2n) is 6.90. The lowest BCUT2D eigenvalue weighted by Gasteiger charge is -2.26. The van der Waals surface area contributed by atoms with Crippen molar-refractivity contribution in [1.29, 1.82) is 0 Å². The number of likely N-dealkylation sites (tertiary alicyclic amines) is 1. The average Bonchev–Trinajstić information content (AvgIpc) is 3.47. The van der Waals surface area contributed by atoms with Gasteiger partial charge in [-0.3, -0.25) is 0 Å². The van der Waals surface area contributed by atoms with Crippen LogP contribution in [0.4, 0.5) is 5.95 Å². The molecule has 0 amide bonds. The van der Waals surface area contributed by atoms with Gasteiger partial charge in [0.2, 0.25) is 11.8 Å². The summed E-state index contributed by atoms with van der Waals surface area (Å²) in [6.07, 6.45) is 5.20. The first-order valence-corrected chi connectivity index (χ1v) is 9.46. The number of rotatable bonds is 5. The monoisotopic (exact) mass is 395 g/mol. The highest BCUT2D eigenvalue weighted by atomic mass is 16.6. The number of oxime groups is 1. The summed E-state index contributed by atoms with van der Waals surface area (Å²) in [5.74, 6) is 1.30. The second kappa shape index (κ2) is 7.17. The lowest BCUT2D eigenvalue weighted by atomic mass is 10.1. The average molecular weight is 395 g/mol. The zero-order chi connectivity index (χ0) is 19.8. The molecule has 0 spiro atoms. The molecular formula is C18H21N9O2. The molecule has 2 N–H and O–H groups in total. The first-order valence-electron chi connectivity index (χ1n) is 9.46. The predicted molar refractivity (Wildman–Crippen MR) is 106 cm³/mol. The predicted octanol–water partition coefficient (Wildman–Crippen LogP) is 1.41. The molecule has 0 aromatic carbocycles. The number of piperidine rings is 1. The third-order valence-electron chi connectivity index (χ3n) is 5.12. The van der Waals surface area contributed by atoms with E-state index in [0.29, 0.717) is 29.4 Å². The van der Waals surface area contributed by atoms with Crippen LogP contribution in [0.5, 0.6) is 0 Å². The molecular weight excluding hydrogens is 374 g/mol. The van der Waals surface area contributed by atoms with E-state index in [1.165, 1.54) is 4.52 Å². The fraction of sp³-hybridized carbons (Fsp3) is 0.389. The molecule has 5 heterocycles. The molecule has 1 aliphatic rings. The summed E-state index contributed by atoms with van der Waals surface area (Å²) in [6.45, 7) is 3.49. The van der Waals surface area contributed by atoms with Gasteiger partial charge >= 0.3 is 0 Å². The highest BCUT2D eigenvalue weighted by molar-refractivity contribution is 5.90. The molecule has 0 unspecified atom stereocenters. The molecule has 0 atom stereocenters. The van der Waals surface area contributed by atoms with E-state index in [4.69, 9.17) is 15.0 Å². The van der Waals surface area contributed by atoms with Crippen LogP contribution in [0.1, 0.15) is 12.8 Å². The van der Waals surface area contributed by atoms with E-state index >= 15 is 0 Å². The van der Waals surface area contributed by atoms with E-state index in [-0.39, 0.29) is 5.95 Å². The Labute approximate surface area is 165 Å². The smallest absolute Gasteiger partial charge is 0.225 e. The summed E-state index contributed by atoms with van der Waals surface area (Å²) in [5, 5.41) is 13.8. The Morgan fingerprint density at radius 2 is 2.07 bits per heavy atom. The summed E-state index contributed by atoms with van der Waals surface area (Å²) in [6, 6.07) is 3.60. The molecule has 11 heteroatoms. The maximum atomic E-state index is 6.14. The third kappa shape index (κ3) is 3.18. The second-order valence-corrected chi connectivity index (χ2v) is 6.90. The number of anilines is 1. The van der Waals surface area contributed by atoms with E-state index in [2.05, 4.69) is 30.2 Å². The minimum Gasteiger partial charge on any atom is -0.461 e. The summed E-state index contributed by atoms with van der Waals surface area (Å²) in [5.41, 5.74) is 8.57. The normalized spacial score (nSPS) is 15.4. The number of nitrogens with two attached hydrogens (primary N) is 1. The number of aromatic nitrogens is 6. The zero-order valence-corrected chi connectivity index (χ0v) is 16.0. The highest BCUT2D eigenvalue weighted by Gasteiger charge is 2.19. The topological polar surface area (TPSA) is 125 Å². The maximum absolute atomic E-state index is 6.14. The van der Waals surface area contributed by atoms with Gasteiger partial charge in [-0.2, -0.15) is 14.6 Å². The van der Waals surface area contributed by atoms with E-state index in [9.17, 15) is 0 Å². The van der Waals surface area contributed by atoms with Crippen molar-refractivity contribution in [1.82, 2.24) is 34.3 Å². The van der Waals surface area contributed by atoms with Gasteiger partial charge in [-0.05, 0) is 12.1 Å². The highest BCUT2D eigenvalue weighted by Crippen LogP contribution is 2.23. The van der Waals surface area contributed by atoms with Crippen LogP contribution in [0.25, 0.3) is 28.3 Å². The van der Waals surface area contributed by atoms with Crippen molar-refractivity contribution in [2.24, 2.45) is 5.16 Å². The van der Waals surface area contributed by atoms with Crippen LogP contribution in [0, 0.1) is 0 Å². The SMILES string of the molecule is CON=C1CCN(CCn2ncc3c2nc(N)n2nc(-c4ccco4)nc32)CC1. The van der Waals surface area contributed by atoms with Crippen LogP contribution in [0.3, 0.4) is 0 Å². The molecule has 4 aromatic rings. The van der Waals surface area contributed by atoms with E-state index < -0.39 is 0 Å². The number of hydrogen-bond donors (Lipinski definition) is 1. The third-order valence-corrected chi connectivity index (χ3v) is 5.12. The van der Waals surface area contributed by atoms with Crippen molar-refractivity contribution < 1.29 is 9.25 Å². The number of hydrogen-bond acceptors (Lipinski definition) is 9. The first kappa shape index (κ1) is 17.6. The summed E-state index contributed by atoms with van der Waals surface area (Å²) < 4.78 is 8.78. The molecule has 11 nitrogen and oxygen atoms in total. The Balaban J connectivity index is 1.39. The van der Waals surface area contributed by atoms with E-state index in [0.717, 1.165) is 43.6 Å². The van der Waals surface area contributed by atoms with Crippen LogP contribution in [0.15, 0.2) is 34.2 Å². The Kier molecular flexibility index (Phi) is 4.35. The fourth-order valence-electron chi connectivity index (χ4n) is 3.62. The Bertz CT molecular complexity index is 1170. The Morgan fingerprint density at radius 1 is 1.21 bits per heavy atom. The van der Waals surface area contributed by atoms with E-state index in [1.807, 2.05) is 4.68 Å². The number of furan rings is 1. The largest absolute Gasteiger partial charge is 0.461 e. The van der Waals surface area contributed by atoms with Gasteiger partial charge in [0.15, 0.2) is 17.1 Å². The summed E-state index contributed by atoms with van der Waals surface area (Å²) in [7, 11) is 1.59. The number of fused-ring (bicyclic) bond motifs is 3. The van der Waals surface area contributed by atoms with Crippen molar-refractivity contribution >= 4 is 28.3 Å².